The summed E-state index contributed by atoms with van der Waals surface area (Å²) in [5, 5.41) is 10.5. The second kappa shape index (κ2) is 7.74. The fraction of sp³-hybridized carbons (Fsp3) is 0.318. The van der Waals surface area contributed by atoms with Gasteiger partial charge in [0.05, 0.1) is 17.7 Å². The lowest BCUT2D eigenvalue weighted by atomic mass is 10.2. The fourth-order valence-electron chi connectivity index (χ4n) is 3.11. The minimum atomic E-state index is -0.969. The summed E-state index contributed by atoms with van der Waals surface area (Å²) in [5.74, 6) is 0.328. The number of carboxylic acid groups (broad SMARTS) is 1. The summed E-state index contributed by atoms with van der Waals surface area (Å²) in [4.78, 5) is 11.9. The van der Waals surface area contributed by atoms with Crippen LogP contribution >= 0.6 is 0 Å². The molecule has 0 fully saturated rings. The number of hydrogen-bond acceptors (Lipinski definition) is 3. The van der Waals surface area contributed by atoms with E-state index < -0.39 is 5.97 Å². The molecular weight excluding hydrogens is 342 g/mol. The minimum Gasteiger partial charge on any atom is -0.491 e. The zero-order valence-corrected chi connectivity index (χ0v) is 16.1. The maximum Gasteiger partial charge on any atom is 0.352 e. The number of aromatic carboxylic acids is 1. The van der Waals surface area contributed by atoms with Crippen LogP contribution in [0.2, 0.25) is 0 Å². The first kappa shape index (κ1) is 18.8. The highest BCUT2D eigenvalue weighted by Gasteiger charge is 2.20. The number of carboxylic acids is 1. The van der Waals surface area contributed by atoms with Crippen LogP contribution in [0.4, 0.5) is 0 Å². The molecule has 0 unspecified atom stereocenters. The van der Waals surface area contributed by atoms with Crippen molar-refractivity contribution >= 4 is 16.9 Å². The van der Waals surface area contributed by atoms with Crippen molar-refractivity contribution in [1.82, 2.24) is 4.57 Å². The minimum absolute atomic E-state index is 0.00540. The van der Waals surface area contributed by atoms with Gasteiger partial charge in [0.1, 0.15) is 17.2 Å². The van der Waals surface area contributed by atoms with Crippen molar-refractivity contribution in [2.45, 2.75) is 46.4 Å². The molecule has 1 N–H and O–H groups in total. The van der Waals surface area contributed by atoms with Crippen LogP contribution in [0.5, 0.6) is 11.5 Å². The Bertz CT molecular complexity index is 942. The van der Waals surface area contributed by atoms with Crippen molar-refractivity contribution in [2.75, 3.05) is 0 Å². The summed E-state index contributed by atoms with van der Waals surface area (Å²) in [6.07, 6.45) is -0.0286. The summed E-state index contributed by atoms with van der Waals surface area (Å²) in [7, 11) is 0. The number of rotatable bonds is 7. The number of aromatic nitrogens is 1. The average molecular weight is 367 g/mol. The molecule has 0 bridgehead atoms. The monoisotopic (exact) mass is 367 g/mol. The molecule has 0 amide bonds. The van der Waals surface area contributed by atoms with Crippen molar-refractivity contribution < 1.29 is 19.4 Å². The van der Waals surface area contributed by atoms with Gasteiger partial charge >= 0.3 is 5.97 Å². The highest BCUT2D eigenvalue weighted by atomic mass is 16.5. The molecule has 27 heavy (non-hydrogen) atoms. The molecule has 0 spiro atoms. The fourth-order valence-corrected chi connectivity index (χ4v) is 3.11. The van der Waals surface area contributed by atoms with Gasteiger partial charge in [-0.3, -0.25) is 0 Å². The first-order valence-electron chi connectivity index (χ1n) is 9.13. The van der Waals surface area contributed by atoms with Crippen molar-refractivity contribution in [3.05, 3.63) is 59.8 Å². The number of benzene rings is 2. The van der Waals surface area contributed by atoms with E-state index in [1.54, 1.807) is 10.6 Å². The van der Waals surface area contributed by atoms with Gasteiger partial charge in [0, 0.05) is 24.1 Å². The average Bonchev–Trinajstić information content (AvgIpc) is 2.94. The Balaban J connectivity index is 2.21. The van der Waals surface area contributed by atoms with E-state index in [1.807, 2.05) is 70.2 Å². The molecule has 0 aliphatic carbocycles. The lowest BCUT2D eigenvalue weighted by Gasteiger charge is -2.16. The molecule has 0 aliphatic heterocycles. The molecule has 3 rings (SSSR count). The number of hydrogen-bond donors (Lipinski definition) is 1. The Labute approximate surface area is 159 Å². The normalized spacial score (nSPS) is 11.3. The molecule has 2 aromatic carbocycles. The van der Waals surface area contributed by atoms with Crippen LogP contribution in [-0.2, 0) is 6.54 Å². The molecule has 0 radical (unpaired) electrons. The van der Waals surface area contributed by atoms with Crippen LogP contribution in [0.1, 0.15) is 43.7 Å². The quantitative estimate of drug-likeness (QED) is 0.641. The summed E-state index contributed by atoms with van der Waals surface area (Å²) >= 11 is 0. The van der Waals surface area contributed by atoms with Gasteiger partial charge < -0.3 is 19.1 Å². The van der Waals surface area contributed by atoms with E-state index in [4.69, 9.17) is 9.47 Å². The molecule has 0 atom stereocenters. The van der Waals surface area contributed by atoms with Crippen LogP contribution in [0.25, 0.3) is 10.9 Å². The lowest BCUT2D eigenvalue weighted by Crippen LogP contribution is -2.10. The van der Waals surface area contributed by atoms with Gasteiger partial charge in [0.2, 0.25) is 0 Å². The molecular formula is C22H25NO4. The smallest absolute Gasteiger partial charge is 0.352 e. The van der Waals surface area contributed by atoms with Gasteiger partial charge in [0.25, 0.3) is 0 Å². The van der Waals surface area contributed by atoms with Gasteiger partial charge in [0.15, 0.2) is 0 Å². The zero-order chi connectivity index (χ0) is 19.6. The second-order valence-corrected chi connectivity index (χ2v) is 7.09. The molecule has 1 aromatic heterocycles. The maximum absolute atomic E-state index is 11.9. The van der Waals surface area contributed by atoms with Crippen LogP contribution in [0.3, 0.4) is 0 Å². The van der Waals surface area contributed by atoms with Crippen LogP contribution in [0, 0.1) is 0 Å². The van der Waals surface area contributed by atoms with E-state index in [1.165, 1.54) is 0 Å². The first-order valence-corrected chi connectivity index (χ1v) is 9.13. The van der Waals surface area contributed by atoms with E-state index in [2.05, 4.69) is 0 Å². The summed E-state index contributed by atoms with van der Waals surface area (Å²) in [6.45, 7) is 8.26. The van der Waals surface area contributed by atoms with Crippen LogP contribution in [0.15, 0.2) is 48.5 Å². The number of nitrogens with zero attached hydrogens (tertiary/aromatic N) is 1. The maximum atomic E-state index is 11.9. The highest BCUT2D eigenvalue weighted by molar-refractivity contribution is 5.98. The van der Waals surface area contributed by atoms with Crippen LogP contribution < -0.4 is 9.47 Å². The Morgan fingerprint density at radius 1 is 1.00 bits per heavy atom. The SMILES string of the molecule is CC(C)Oc1cc(OC(C)C)c2cc(C(=O)O)n(Cc3ccccc3)c2c1. The Morgan fingerprint density at radius 2 is 1.67 bits per heavy atom. The third-order valence-corrected chi connectivity index (χ3v) is 4.09. The predicted octanol–water partition coefficient (Wildman–Crippen LogP) is 4.96. The molecule has 1 heterocycles. The lowest BCUT2D eigenvalue weighted by molar-refractivity contribution is 0.0686. The van der Waals surface area contributed by atoms with E-state index in [0.717, 1.165) is 16.5 Å². The zero-order valence-electron chi connectivity index (χ0n) is 16.1. The van der Waals surface area contributed by atoms with Gasteiger partial charge in [-0.15, -0.1) is 0 Å². The van der Waals surface area contributed by atoms with Crippen molar-refractivity contribution in [1.29, 1.82) is 0 Å². The Kier molecular flexibility index (Phi) is 5.40. The second-order valence-electron chi connectivity index (χ2n) is 7.09. The van der Waals surface area contributed by atoms with E-state index in [9.17, 15) is 9.90 Å². The summed E-state index contributed by atoms with van der Waals surface area (Å²) in [6, 6.07) is 15.2. The topological polar surface area (TPSA) is 60.7 Å². The largest absolute Gasteiger partial charge is 0.491 e. The van der Waals surface area contributed by atoms with E-state index in [-0.39, 0.29) is 17.9 Å². The third-order valence-electron chi connectivity index (χ3n) is 4.09. The standard InChI is InChI=1S/C22H25NO4/c1-14(2)26-17-10-19-18(21(11-17)27-15(3)4)12-20(22(24)25)23(19)13-16-8-6-5-7-9-16/h5-12,14-15H,13H2,1-4H3,(H,24,25). The van der Waals surface area contributed by atoms with Gasteiger partial charge in [-0.2, -0.15) is 0 Å². The highest BCUT2D eigenvalue weighted by Crippen LogP contribution is 2.35. The molecule has 0 saturated heterocycles. The molecule has 0 saturated carbocycles. The van der Waals surface area contributed by atoms with Crippen molar-refractivity contribution in [2.24, 2.45) is 0 Å². The van der Waals surface area contributed by atoms with Gasteiger partial charge in [-0.05, 0) is 39.3 Å². The predicted molar refractivity (Wildman–Crippen MR) is 106 cm³/mol. The Hall–Kier alpha value is -2.95. The number of carbonyl (C=O) groups is 1. The van der Waals surface area contributed by atoms with E-state index in [0.29, 0.717) is 18.0 Å². The molecule has 0 aliphatic rings. The molecule has 5 nitrogen and oxygen atoms in total. The molecule has 5 heteroatoms. The Morgan fingerprint density at radius 3 is 2.26 bits per heavy atom. The van der Waals surface area contributed by atoms with E-state index >= 15 is 0 Å². The van der Waals surface area contributed by atoms with Crippen LogP contribution in [-0.4, -0.2) is 27.9 Å². The number of fused-ring (bicyclic) bond motifs is 1. The first-order chi connectivity index (χ1) is 12.8. The molecule has 3 aromatic rings. The summed E-state index contributed by atoms with van der Waals surface area (Å²) < 4.78 is 13.6. The van der Waals surface area contributed by atoms with Gasteiger partial charge in [-0.1, -0.05) is 30.3 Å². The number of ether oxygens (including phenoxy) is 2. The van der Waals surface area contributed by atoms with Gasteiger partial charge in [-0.25, -0.2) is 4.79 Å². The molecule has 142 valence electrons. The summed E-state index contributed by atoms with van der Waals surface area (Å²) in [5.41, 5.74) is 2.04. The third kappa shape index (κ3) is 4.25. The van der Waals surface area contributed by atoms with Crippen molar-refractivity contribution in [3.8, 4) is 11.5 Å². The van der Waals surface area contributed by atoms with Crippen molar-refractivity contribution in [3.63, 3.8) is 0 Å².